The number of sulfonamides is 4. The van der Waals surface area contributed by atoms with Crippen molar-refractivity contribution in [2.75, 3.05) is 40.2 Å². The van der Waals surface area contributed by atoms with Crippen LogP contribution in [0.4, 0.5) is 46.3 Å². The molecule has 0 spiro atoms. The number of hydrogen-bond donors (Lipinski definition) is 8. The Bertz CT molecular complexity index is 7590. The second-order valence-corrected chi connectivity index (χ2v) is 36.0. The molecular formula is C80H84N12O20S8. The number of Topliss-reactive ketones (excluding diaryl/α,β-unsaturated/α-hetero) is 4. The minimum Gasteiger partial charge on any atom is -0.337 e. The molecule has 8 aromatic heterocycles. The van der Waals surface area contributed by atoms with Gasteiger partial charge in [0, 0.05) is 69.2 Å². The molecule has 12 aromatic rings. The molecular weight excluding hydrogens is 1710 g/mol. The number of thiophene rings is 4. The van der Waals surface area contributed by atoms with Crippen LogP contribution in [0.25, 0.3) is 0 Å². The first-order chi connectivity index (χ1) is 65.0. The average Bonchev–Trinajstić information content (AvgIpc) is 0.874. The first kappa shape index (κ1) is 65.0. The Hall–Kier alpha value is -11.9. The van der Waals surface area contributed by atoms with E-state index in [2.05, 4.69) is 56.1 Å². The Kier molecular flexibility index (Phi) is 20.1. The number of nitrogens with zero attached hydrogens (tertiary/aromatic N) is 4. The highest BCUT2D eigenvalue weighted by atomic mass is 32.2. The second-order valence-electron chi connectivity index (χ2n) is 25.7. The molecule has 0 unspecified atom stereocenters. The van der Waals surface area contributed by atoms with Crippen LogP contribution in [0.15, 0.2) is 132 Å². The van der Waals surface area contributed by atoms with Crippen LogP contribution in [0.2, 0.25) is 0 Å². The maximum atomic E-state index is 13.3. The molecule has 32 nitrogen and oxygen atoms in total. The Balaban J connectivity index is 0.000000212. The summed E-state index contributed by atoms with van der Waals surface area (Å²) in [5.41, 5.74) is -1.74. The number of aromatic nitrogens is 4. The molecule has 0 saturated heterocycles. The average molecular weight is 1810 g/mol. The van der Waals surface area contributed by atoms with Gasteiger partial charge in [-0.25, -0.2) is 52.6 Å². The Morgan fingerprint density at radius 3 is 0.767 bits per heavy atom. The summed E-state index contributed by atoms with van der Waals surface area (Å²) in [7, 11) is -17.6. The highest BCUT2D eigenvalue weighted by Gasteiger charge is 2.33. The minimum atomic E-state index is -4.68. The van der Waals surface area contributed by atoms with Crippen LogP contribution in [-0.4, -0.2) is 101 Å². The van der Waals surface area contributed by atoms with Crippen molar-refractivity contribution in [1.82, 2.24) is 20.6 Å². The van der Waals surface area contributed by atoms with Crippen LogP contribution in [0, 0.1) is 110 Å². The van der Waals surface area contributed by atoms with Gasteiger partial charge in [0.25, 0.3) is 63.7 Å². The number of benzene rings is 4. The number of aryl methyl sites for hydroxylation is 8. The lowest BCUT2D eigenvalue weighted by molar-refractivity contribution is 0.100. The zero-order valence-corrected chi connectivity index (χ0v) is 71.7. The molecule has 0 saturated carbocycles. The second kappa shape index (κ2) is 37.2. The first-order valence-corrected chi connectivity index (χ1v) is 43.5. The third kappa shape index (κ3) is 21.0. The molecule has 4 amide bonds. The van der Waals surface area contributed by atoms with Gasteiger partial charge >= 0.3 is 0 Å². The maximum Gasteiger partial charge on any atom is 0.267 e. The van der Waals surface area contributed by atoms with Crippen molar-refractivity contribution >= 4 is 178 Å². The van der Waals surface area contributed by atoms with E-state index < -0.39 is 210 Å². The van der Waals surface area contributed by atoms with Crippen LogP contribution < -0.4 is 40.2 Å². The van der Waals surface area contributed by atoms with Crippen LogP contribution in [0.5, 0.6) is 0 Å². The molecule has 0 radical (unpaired) electrons. The van der Waals surface area contributed by atoms with E-state index in [1.54, 1.807) is 55.4 Å². The number of hydrogen-bond acceptors (Lipinski definition) is 28. The molecule has 0 aliphatic rings. The fourth-order valence-corrected chi connectivity index (χ4v) is 20.0. The quantitative estimate of drug-likeness (QED) is 0.0260. The van der Waals surface area contributed by atoms with Crippen LogP contribution in [0.3, 0.4) is 0 Å². The topological polar surface area (TPSA) is 473 Å². The Labute approximate surface area is 738 Å². The van der Waals surface area contributed by atoms with E-state index >= 15 is 0 Å². The lowest BCUT2D eigenvalue weighted by Crippen LogP contribution is -2.20. The zero-order chi connectivity index (χ0) is 107. The molecule has 8 N–H and O–H groups in total. The number of ketones is 4. The van der Waals surface area contributed by atoms with Gasteiger partial charge in [0.2, 0.25) is 23.5 Å². The number of amides is 4. The molecule has 0 aliphatic heterocycles. The monoisotopic (exact) mass is 1810 g/mol. The van der Waals surface area contributed by atoms with E-state index in [4.69, 9.17) is 48.2 Å². The van der Waals surface area contributed by atoms with Crippen molar-refractivity contribution in [3.8, 4) is 0 Å². The SMILES string of the molecule is [2H]c1c(C([2H])([2H])[2H])cc(C(C)=O)c(NC(=O)c2sccc2S(=O)(=O)Nc2onc(C)c2C([2H])([2H])[2H])c1C([2H])([2H])[2H].[2H]c1c(C([2H])([2H])[2H])cc(C(C)=O)c(NC(=O)c2sccc2S(=O)(=O)Nc2onc(C)c2C)c1C([2H])([2H])[2H].[2H]c1c(C)cc(C(C)=O)c(NC(=O)c2sccc2S(=O)(=O)Nc2onc(C)c2C([2H])([2H])[2H])c1C.[2H]c1c(C)cc(C(C)=O)c(NC(=O)c2sccc2S(=O)(=O)Nc2onc(C)c2C)c1C. The third-order valence-electron chi connectivity index (χ3n) is 16.8. The van der Waals surface area contributed by atoms with Gasteiger partial charge < -0.3 is 39.4 Å². The molecule has 0 aliphatic carbocycles. The fraction of sp³-hybridized carbons (Fsp3) is 0.250. The molecule has 0 fully saturated rings. The summed E-state index contributed by atoms with van der Waals surface area (Å²) >= 11 is 3.12. The summed E-state index contributed by atoms with van der Waals surface area (Å²) < 4.78 is 304. The lowest BCUT2D eigenvalue weighted by Gasteiger charge is -2.14. The smallest absolute Gasteiger partial charge is 0.267 e. The van der Waals surface area contributed by atoms with Gasteiger partial charge in [0.15, 0.2) is 23.1 Å². The largest absolute Gasteiger partial charge is 0.337 e. The first-order valence-electron chi connectivity index (χ1n) is 45.1. The van der Waals surface area contributed by atoms with E-state index in [0.29, 0.717) is 56.1 Å². The van der Waals surface area contributed by atoms with Gasteiger partial charge in [-0.15, -0.1) is 45.3 Å². The number of carbonyl (C=O) groups is 8. The maximum absolute atomic E-state index is 13.3. The molecule has 0 bridgehead atoms. The van der Waals surface area contributed by atoms with Gasteiger partial charge in [-0.2, -0.15) is 0 Å². The number of carbonyl (C=O) groups excluding carboxylic acids is 8. The lowest BCUT2D eigenvalue weighted by atomic mass is 10.0. The minimum absolute atomic E-state index is 0.00112. The summed E-state index contributed by atoms with van der Waals surface area (Å²) in [4.78, 5) is 98.6. The molecule has 120 heavy (non-hydrogen) atoms. The molecule has 8 heterocycles. The predicted molar refractivity (Wildman–Crippen MR) is 460 cm³/mol. The number of anilines is 8. The summed E-state index contributed by atoms with van der Waals surface area (Å²) in [6.45, 7) is 2.85. The summed E-state index contributed by atoms with van der Waals surface area (Å²) in [6, 6.07) is 7.80. The Morgan fingerprint density at radius 2 is 0.550 bits per heavy atom. The number of rotatable bonds is 24. The van der Waals surface area contributed by atoms with Crippen molar-refractivity contribution in [3.05, 3.63) is 226 Å². The zero-order valence-electron chi connectivity index (χ0n) is 87.1. The molecule has 12 rings (SSSR count). The third-order valence-corrected chi connectivity index (χ3v) is 26.5. The van der Waals surface area contributed by atoms with Gasteiger partial charge in [-0.05, 0) is 253 Å². The van der Waals surface area contributed by atoms with Gasteiger partial charge in [-0.3, -0.25) is 38.4 Å². The van der Waals surface area contributed by atoms with Gasteiger partial charge in [0.05, 0.1) is 51.0 Å². The molecule has 632 valence electrons. The van der Waals surface area contributed by atoms with Crippen molar-refractivity contribution in [2.24, 2.45) is 0 Å². The highest BCUT2D eigenvalue weighted by Crippen LogP contribution is 2.36. The fourth-order valence-electron chi connectivity index (χ4n) is 10.6. The van der Waals surface area contributed by atoms with E-state index in [1.807, 2.05) is 4.72 Å². The molecule has 4 aromatic carbocycles. The number of nitrogens with one attached hydrogen (secondary N) is 8. The summed E-state index contributed by atoms with van der Waals surface area (Å²) in [5.74, 6) is -7.46. The Morgan fingerprint density at radius 1 is 0.325 bits per heavy atom. The van der Waals surface area contributed by atoms with Crippen molar-refractivity contribution in [3.63, 3.8) is 0 Å². The standard InChI is InChI=1S/4C20H21N3O5S2/c4*1-10-8-11(2)17(15(9-10)14(5)24)21-19(25)18-16(6-7-29-18)30(26,27)23-20-12(3)13(4)22-28-20/h4*6-9,23H,1-5H3,(H,21,25)/i1D3,2D3,3D3,8D;1D3,2D3,8D;3D3,8D;8D. The predicted octanol–water partition coefficient (Wildman–Crippen LogP) is 16.9. The summed E-state index contributed by atoms with van der Waals surface area (Å²) in [5, 5.41) is 29.4. The molecule has 40 heteroatoms. The van der Waals surface area contributed by atoms with Crippen LogP contribution in [-0.2, 0) is 40.1 Å². The van der Waals surface area contributed by atoms with Crippen molar-refractivity contribution in [2.45, 2.75) is 158 Å². The van der Waals surface area contributed by atoms with E-state index in [-0.39, 0.29) is 94.4 Å². The highest BCUT2D eigenvalue weighted by molar-refractivity contribution is 7.94. The van der Waals surface area contributed by atoms with E-state index in [9.17, 15) is 72.0 Å². The van der Waals surface area contributed by atoms with Crippen LogP contribution in [0.1, 0.15) is 228 Å². The normalized spacial score (nSPS) is 14.7. The van der Waals surface area contributed by atoms with Gasteiger partial charge in [-0.1, -0.05) is 44.8 Å². The van der Waals surface area contributed by atoms with Crippen molar-refractivity contribution in [1.29, 1.82) is 0 Å². The van der Waals surface area contributed by atoms with E-state index in [0.717, 1.165) is 72.1 Å². The van der Waals surface area contributed by atoms with Gasteiger partial charge in [0.1, 0.15) is 39.1 Å². The van der Waals surface area contributed by atoms with Crippen molar-refractivity contribution < 1.29 is 120 Å². The van der Waals surface area contributed by atoms with E-state index in [1.165, 1.54) is 73.5 Å². The molecule has 0 atom stereocenters. The van der Waals surface area contributed by atoms with Crippen LogP contribution >= 0.6 is 45.3 Å². The summed E-state index contributed by atoms with van der Waals surface area (Å²) in [6.07, 6.45) is 0.